The van der Waals surface area contributed by atoms with Crippen LogP contribution in [0.15, 0.2) is 0 Å². The third-order valence-electron chi connectivity index (χ3n) is 6.78. The van der Waals surface area contributed by atoms with E-state index in [1.807, 2.05) is 0 Å². The molecule has 0 fully saturated rings. The molecule has 0 saturated heterocycles. The Morgan fingerprint density at radius 1 is 0.786 bits per heavy atom. The summed E-state index contributed by atoms with van der Waals surface area (Å²) in [6, 6.07) is 7.05. The first-order chi connectivity index (χ1) is 13.2. The highest BCUT2D eigenvalue weighted by atomic mass is 28.4. The van der Waals surface area contributed by atoms with Crippen LogP contribution in [0.1, 0.15) is 68.2 Å². The van der Waals surface area contributed by atoms with Gasteiger partial charge in [-0.05, 0) is 63.0 Å². The van der Waals surface area contributed by atoms with Crippen LogP contribution >= 0.6 is 0 Å². The molecule has 0 aliphatic rings. The van der Waals surface area contributed by atoms with E-state index < -0.39 is 16.6 Å². The molecular formula is C21H50O4Si3. The molecule has 170 valence electrons. The first kappa shape index (κ1) is 28.5. The van der Waals surface area contributed by atoms with Crippen molar-refractivity contribution in [3.8, 4) is 0 Å². The van der Waals surface area contributed by atoms with Gasteiger partial charge in [0.1, 0.15) is 10.5 Å². The topological polar surface area (TPSA) is 36.9 Å². The van der Waals surface area contributed by atoms with Crippen LogP contribution in [0.2, 0.25) is 36.3 Å². The highest BCUT2D eigenvalue weighted by Gasteiger charge is 2.34. The molecule has 0 heterocycles. The molecule has 0 rings (SSSR count). The molecule has 0 saturated carbocycles. The van der Waals surface area contributed by atoms with Crippen LogP contribution < -0.4 is 0 Å². The van der Waals surface area contributed by atoms with Gasteiger partial charge < -0.3 is 18.0 Å². The Bertz CT molecular complexity index is 369. The maximum Gasteiger partial charge on any atom is 0.192 e. The minimum Gasteiger partial charge on any atom is -0.423 e. The lowest BCUT2D eigenvalue weighted by molar-refractivity contribution is 0.0109. The SMILES string of the molecule is CC[Si](CC)(CC)OCC(COCCCC(C)(C)O[SiH3])O[Si](CC)(CC)CC. The smallest absolute Gasteiger partial charge is 0.192 e. The second-order valence-electron chi connectivity index (χ2n) is 8.68. The van der Waals surface area contributed by atoms with Gasteiger partial charge in [-0.15, -0.1) is 0 Å². The van der Waals surface area contributed by atoms with Crippen molar-refractivity contribution in [3.63, 3.8) is 0 Å². The quantitative estimate of drug-likeness (QED) is 0.210. The molecule has 7 heteroatoms. The second kappa shape index (κ2) is 14.5. The van der Waals surface area contributed by atoms with Crippen LogP contribution in [0.3, 0.4) is 0 Å². The predicted molar refractivity (Wildman–Crippen MR) is 130 cm³/mol. The zero-order chi connectivity index (χ0) is 21.7. The van der Waals surface area contributed by atoms with E-state index in [1.165, 1.54) is 36.3 Å². The third-order valence-corrected chi connectivity index (χ3v) is 17.2. The minimum absolute atomic E-state index is 0.0160. The van der Waals surface area contributed by atoms with E-state index in [0.717, 1.165) is 29.9 Å². The average Bonchev–Trinajstić information content (AvgIpc) is 2.72. The third kappa shape index (κ3) is 10.00. The fourth-order valence-corrected chi connectivity index (χ4v) is 9.41. The number of hydrogen-bond donors (Lipinski definition) is 0. The molecule has 0 amide bonds. The van der Waals surface area contributed by atoms with Gasteiger partial charge in [0.05, 0.1) is 19.3 Å². The van der Waals surface area contributed by atoms with Crippen molar-refractivity contribution in [1.29, 1.82) is 0 Å². The van der Waals surface area contributed by atoms with Crippen molar-refractivity contribution < 1.29 is 18.0 Å². The largest absolute Gasteiger partial charge is 0.423 e. The van der Waals surface area contributed by atoms with Gasteiger partial charge >= 0.3 is 0 Å². The van der Waals surface area contributed by atoms with E-state index in [9.17, 15) is 0 Å². The summed E-state index contributed by atoms with van der Waals surface area (Å²) >= 11 is 0. The molecule has 0 radical (unpaired) electrons. The fraction of sp³-hybridized carbons (Fsp3) is 1.00. The Balaban J connectivity index is 4.85. The summed E-state index contributed by atoms with van der Waals surface area (Å²) < 4.78 is 25.1. The second-order valence-corrected chi connectivity index (χ2v) is 18.6. The summed E-state index contributed by atoms with van der Waals surface area (Å²) in [5.41, 5.74) is -0.0160. The summed E-state index contributed by atoms with van der Waals surface area (Å²) in [7, 11) is -2.49. The van der Waals surface area contributed by atoms with Crippen molar-refractivity contribution in [2.45, 2.75) is 116 Å². The van der Waals surface area contributed by atoms with Gasteiger partial charge in [-0.3, -0.25) is 0 Å². The molecule has 0 spiro atoms. The molecule has 1 atom stereocenters. The van der Waals surface area contributed by atoms with Crippen molar-refractivity contribution in [2.75, 3.05) is 19.8 Å². The number of hydrogen-bond acceptors (Lipinski definition) is 4. The van der Waals surface area contributed by atoms with Crippen molar-refractivity contribution >= 4 is 27.1 Å². The van der Waals surface area contributed by atoms with Crippen LogP contribution in [0, 0.1) is 0 Å². The maximum atomic E-state index is 6.78. The van der Waals surface area contributed by atoms with E-state index in [0.29, 0.717) is 13.2 Å². The molecule has 4 nitrogen and oxygen atoms in total. The Morgan fingerprint density at radius 2 is 1.29 bits per heavy atom. The van der Waals surface area contributed by atoms with E-state index in [1.54, 1.807) is 0 Å². The van der Waals surface area contributed by atoms with Crippen LogP contribution in [-0.4, -0.2) is 58.6 Å². The maximum absolute atomic E-state index is 6.78. The lowest BCUT2D eigenvalue weighted by Crippen LogP contribution is -2.46. The predicted octanol–water partition coefficient (Wildman–Crippen LogP) is 5.27. The molecule has 0 aromatic carbocycles. The summed E-state index contributed by atoms with van der Waals surface area (Å²) in [4.78, 5) is 0. The Morgan fingerprint density at radius 3 is 1.71 bits per heavy atom. The van der Waals surface area contributed by atoms with E-state index in [-0.39, 0.29) is 11.7 Å². The molecule has 0 aliphatic heterocycles. The van der Waals surface area contributed by atoms with Gasteiger partial charge in [-0.2, -0.15) is 0 Å². The number of rotatable bonds is 18. The van der Waals surface area contributed by atoms with Crippen LogP contribution in [0.5, 0.6) is 0 Å². The average molecular weight is 451 g/mol. The van der Waals surface area contributed by atoms with E-state index >= 15 is 0 Å². The summed E-state index contributed by atoms with van der Waals surface area (Å²) in [5.74, 6) is 0. The Labute approximate surface area is 181 Å². The van der Waals surface area contributed by atoms with Gasteiger partial charge in [-0.25, -0.2) is 0 Å². The van der Waals surface area contributed by atoms with Gasteiger partial charge in [0.15, 0.2) is 16.6 Å². The summed E-state index contributed by atoms with van der Waals surface area (Å²) in [6.07, 6.45) is 2.14. The van der Waals surface area contributed by atoms with Gasteiger partial charge in [0.25, 0.3) is 0 Å². The molecular weight excluding hydrogens is 400 g/mol. The highest BCUT2D eigenvalue weighted by molar-refractivity contribution is 6.74. The van der Waals surface area contributed by atoms with Crippen molar-refractivity contribution in [1.82, 2.24) is 0 Å². The lowest BCUT2D eigenvalue weighted by atomic mass is 10.0. The molecule has 0 aromatic rings. The monoisotopic (exact) mass is 450 g/mol. The first-order valence-electron chi connectivity index (χ1n) is 11.7. The summed E-state index contributed by atoms with van der Waals surface area (Å²) in [5, 5.41) is 0. The molecule has 0 aliphatic carbocycles. The minimum atomic E-state index is -1.67. The highest BCUT2D eigenvalue weighted by Crippen LogP contribution is 2.26. The summed E-state index contributed by atoms with van der Waals surface area (Å²) in [6.45, 7) is 20.2. The standard InChI is InChI=1S/C21H50O4Si3/c1-9-27(10-2,11-3)23-19-20(24-28(12-4,13-5)14-6)18-22-17-15-16-21(7,8)25-26/h20H,9-19H2,1-8,26H3. The van der Waals surface area contributed by atoms with E-state index in [4.69, 9.17) is 18.0 Å². The van der Waals surface area contributed by atoms with Gasteiger partial charge in [0, 0.05) is 12.2 Å². The zero-order valence-electron chi connectivity index (χ0n) is 20.5. The van der Waals surface area contributed by atoms with Crippen molar-refractivity contribution in [2.24, 2.45) is 0 Å². The molecule has 0 aromatic heterocycles. The molecule has 1 unspecified atom stereocenters. The first-order valence-corrected chi connectivity index (χ1v) is 17.5. The van der Waals surface area contributed by atoms with Gasteiger partial charge in [0.2, 0.25) is 0 Å². The Hall–Kier alpha value is 0.491. The molecule has 0 bridgehead atoms. The van der Waals surface area contributed by atoms with Crippen LogP contribution in [0.4, 0.5) is 0 Å². The van der Waals surface area contributed by atoms with Crippen LogP contribution in [-0.2, 0) is 18.0 Å². The van der Waals surface area contributed by atoms with Crippen molar-refractivity contribution in [3.05, 3.63) is 0 Å². The zero-order valence-corrected chi connectivity index (χ0v) is 24.5. The number of ether oxygens (including phenoxy) is 1. The molecule has 0 N–H and O–H groups in total. The van der Waals surface area contributed by atoms with Crippen LogP contribution in [0.25, 0.3) is 0 Å². The van der Waals surface area contributed by atoms with Gasteiger partial charge in [-0.1, -0.05) is 41.5 Å². The molecule has 28 heavy (non-hydrogen) atoms. The van der Waals surface area contributed by atoms with E-state index in [2.05, 4.69) is 55.4 Å². The fourth-order valence-electron chi connectivity index (χ4n) is 3.71. The Kier molecular flexibility index (Phi) is 14.7. The normalized spacial score (nSPS) is 14.6. The lowest BCUT2D eigenvalue weighted by Gasteiger charge is -2.36.